The van der Waals surface area contributed by atoms with Gasteiger partial charge in [0.1, 0.15) is 24.4 Å². The van der Waals surface area contributed by atoms with Crippen LogP contribution >= 0.6 is 0 Å². The second-order valence-corrected chi connectivity index (χ2v) is 13.3. The summed E-state index contributed by atoms with van der Waals surface area (Å²) in [4.78, 5) is 0. The van der Waals surface area contributed by atoms with Crippen molar-refractivity contribution < 1.29 is 76.9 Å². The summed E-state index contributed by atoms with van der Waals surface area (Å²) in [7, 11) is 0. The highest BCUT2D eigenvalue weighted by Gasteiger charge is 2.46. The van der Waals surface area contributed by atoms with Gasteiger partial charge in [-0.15, -0.1) is 0 Å². The van der Waals surface area contributed by atoms with Crippen molar-refractivity contribution in [3.63, 3.8) is 0 Å². The Bertz CT molecular complexity index is 796. The third kappa shape index (κ3) is 26.2. The van der Waals surface area contributed by atoms with Gasteiger partial charge in [-0.05, 0) is 90.0 Å². The van der Waals surface area contributed by atoms with E-state index in [1.807, 2.05) is 69.2 Å². The van der Waals surface area contributed by atoms with Crippen molar-refractivity contribution in [2.24, 2.45) is 17.8 Å². The van der Waals surface area contributed by atoms with Crippen molar-refractivity contribution >= 4 is 0 Å². The molecule has 0 aromatic rings. The standard InChI is InChI=1S/C14H28O5.2C12H24O4.3C2H6O/c1-6-15-11-10(5)12(16-7-2)14(18-9-4)19-13(11)17-8-3;2*1-5-13-10-8-16-12(15-7-3)11(9(10)4)14-6-2;3*1-2-3/h10-14H,6-9H2,1-5H3;2*9-12H,5-8H2,1-4H3;3*3H,2H2,1H3/t10?,11-,12+,13-,14-;9-,10-,11+,12?;9-,10-,11+,12-;;;/m011.../s1. The van der Waals surface area contributed by atoms with Crippen LogP contribution in [0.1, 0.15) is 111 Å². The Hall–Kier alpha value is -0.640. The van der Waals surface area contributed by atoms with Crippen LogP contribution in [-0.4, -0.2) is 176 Å². The van der Waals surface area contributed by atoms with E-state index in [4.69, 9.17) is 76.9 Å². The van der Waals surface area contributed by atoms with Crippen LogP contribution < -0.4 is 0 Å². The van der Waals surface area contributed by atoms with Gasteiger partial charge < -0.3 is 76.9 Å². The monoisotopic (exact) mass is 879 g/mol. The topological polar surface area (TPSA) is 181 Å². The molecule has 16 nitrogen and oxygen atoms in total. The van der Waals surface area contributed by atoms with Crippen molar-refractivity contribution in [1.29, 1.82) is 0 Å². The van der Waals surface area contributed by atoms with Gasteiger partial charge in [-0.3, -0.25) is 0 Å². The number of aliphatic hydroxyl groups is 3. The van der Waals surface area contributed by atoms with Crippen LogP contribution in [0.2, 0.25) is 0 Å². The Kier molecular flexibility index (Phi) is 46.3. The summed E-state index contributed by atoms with van der Waals surface area (Å²) in [5, 5.41) is 22.7. The summed E-state index contributed by atoms with van der Waals surface area (Å²) in [5.74, 6) is 0.747. The van der Waals surface area contributed by atoms with E-state index in [1.54, 1.807) is 20.8 Å². The first-order valence-corrected chi connectivity index (χ1v) is 22.8. The molecular formula is C44H94O16. The van der Waals surface area contributed by atoms with Crippen LogP contribution in [0.5, 0.6) is 0 Å². The molecular weight excluding hydrogens is 784 g/mol. The van der Waals surface area contributed by atoms with Crippen molar-refractivity contribution in [2.75, 3.05) is 99.1 Å². The van der Waals surface area contributed by atoms with Gasteiger partial charge in [0, 0.05) is 104 Å². The summed E-state index contributed by atoms with van der Waals surface area (Å²) in [6.45, 7) is 39.5. The maximum Gasteiger partial charge on any atom is 0.187 e. The number of aliphatic hydroxyl groups excluding tert-OH is 3. The molecule has 2 unspecified atom stereocenters. The van der Waals surface area contributed by atoms with E-state index in [9.17, 15) is 0 Å². The summed E-state index contributed by atoms with van der Waals surface area (Å²) < 4.78 is 73.8. The maximum atomic E-state index is 7.57. The molecule has 366 valence electrons. The van der Waals surface area contributed by atoms with E-state index < -0.39 is 12.6 Å². The molecule has 16 heteroatoms. The Morgan fingerprint density at radius 3 is 0.783 bits per heavy atom. The highest BCUT2D eigenvalue weighted by molar-refractivity contribution is 4.86. The average molecular weight is 879 g/mol. The first-order chi connectivity index (χ1) is 28.9. The molecule has 0 aromatic heterocycles. The minimum atomic E-state index is -0.395. The highest BCUT2D eigenvalue weighted by atomic mass is 16.8. The predicted molar refractivity (Wildman–Crippen MR) is 233 cm³/mol. The molecule has 0 bridgehead atoms. The second kappa shape index (κ2) is 43.6. The lowest BCUT2D eigenvalue weighted by Crippen LogP contribution is -2.56. The highest BCUT2D eigenvalue weighted by Crippen LogP contribution is 2.32. The fourth-order valence-corrected chi connectivity index (χ4v) is 6.49. The zero-order chi connectivity index (χ0) is 46.3. The van der Waals surface area contributed by atoms with E-state index in [0.29, 0.717) is 91.1 Å². The number of rotatable bonds is 20. The average Bonchev–Trinajstić information content (AvgIpc) is 3.21. The lowest BCUT2D eigenvalue weighted by Gasteiger charge is -2.44. The number of hydrogen-bond acceptors (Lipinski definition) is 16. The van der Waals surface area contributed by atoms with Gasteiger partial charge >= 0.3 is 0 Å². The van der Waals surface area contributed by atoms with E-state index in [2.05, 4.69) is 20.8 Å². The van der Waals surface area contributed by atoms with Crippen LogP contribution in [0.15, 0.2) is 0 Å². The van der Waals surface area contributed by atoms with Crippen molar-refractivity contribution in [1.82, 2.24) is 0 Å². The lowest BCUT2D eigenvalue weighted by atomic mass is 9.94. The summed E-state index contributed by atoms with van der Waals surface area (Å²) >= 11 is 0. The maximum absolute atomic E-state index is 7.57. The smallest absolute Gasteiger partial charge is 0.187 e. The second-order valence-electron chi connectivity index (χ2n) is 13.3. The fraction of sp³-hybridized carbons (Fsp3) is 1.00. The predicted octanol–water partition coefficient (Wildman–Crippen LogP) is 5.83. The van der Waals surface area contributed by atoms with Crippen LogP contribution in [-0.2, 0) is 61.6 Å². The van der Waals surface area contributed by atoms with Crippen molar-refractivity contribution in [3.8, 4) is 0 Å². The molecule has 0 radical (unpaired) electrons. The lowest BCUT2D eigenvalue weighted by molar-refractivity contribution is -0.349. The van der Waals surface area contributed by atoms with Gasteiger partial charge in [0.05, 0.1) is 25.4 Å². The zero-order valence-electron chi connectivity index (χ0n) is 40.8. The third-order valence-electron chi connectivity index (χ3n) is 8.96. The van der Waals surface area contributed by atoms with Gasteiger partial charge in [0.25, 0.3) is 0 Å². The van der Waals surface area contributed by atoms with E-state index in [-0.39, 0.29) is 74.9 Å². The van der Waals surface area contributed by atoms with Gasteiger partial charge in [-0.1, -0.05) is 20.8 Å². The first kappa shape index (κ1) is 63.6. The number of hydrogen-bond donors (Lipinski definition) is 3. The summed E-state index contributed by atoms with van der Waals surface area (Å²) in [5.41, 5.74) is 0. The van der Waals surface area contributed by atoms with E-state index in [1.165, 1.54) is 0 Å². The van der Waals surface area contributed by atoms with Crippen LogP contribution in [0.3, 0.4) is 0 Å². The van der Waals surface area contributed by atoms with Crippen molar-refractivity contribution in [2.45, 2.75) is 173 Å². The van der Waals surface area contributed by atoms with E-state index in [0.717, 1.165) is 0 Å². The summed E-state index contributed by atoms with van der Waals surface area (Å²) in [6, 6.07) is 0. The molecule has 13 atom stereocenters. The molecule has 60 heavy (non-hydrogen) atoms. The molecule has 3 N–H and O–H groups in total. The van der Waals surface area contributed by atoms with Gasteiger partial charge in [0.2, 0.25) is 0 Å². The molecule has 0 spiro atoms. The molecule has 3 aliphatic rings. The molecule has 0 aromatic carbocycles. The first-order valence-electron chi connectivity index (χ1n) is 22.8. The fourth-order valence-electron chi connectivity index (χ4n) is 6.49. The molecule has 3 aliphatic heterocycles. The molecule has 3 saturated heterocycles. The molecule has 3 heterocycles. The van der Waals surface area contributed by atoms with Crippen LogP contribution in [0.4, 0.5) is 0 Å². The normalized spacial score (nSPS) is 30.9. The Morgan fingerprint density at radius 2 is 0.550 bits per heavy atom. The van der Waals surface area contributed by atoms with Gasteiger partial charge in [0.15, 0.2) is 25.2 Å². The SMILES string of the molecule is CCO.CCO.CCO.CCOC1OC[C@@H](OCC)[C@@H](C)[C@@H]1OCC.CCO[C@@H]1OC[C@@H](OCC)[C@@H](C)[C@@H]1OCC.CCO[C@H]1O[C@H](OCC)[C@@H](OCC)C(C)[C@H]1OCC. The Morgan fingerprint density at radius 1 is 0.333 bits per heavy atom. The summed E-state index contributed by atoms with van der Waals surface area (Å²) in [6.07, 6.45) is -1.40. The molecule has 0 amide bonds. The van der Waals surface area contributed by atoms with Gasteiger partial charge in [-0.2, -0.15) is 0 Å². The molecule has 3 fully saturated rings. The van der Waals surface area contributed by atoms with Crippen LogP contribution in [0.25, 0.3) is 0 Å². The van der Waals surface area contributed by atoms with Gasteiger partial charge in [-0.25, -0.2) is 0 Å². The van der Waals surface area contributed by atoms with Crippen molar-refractivity contribution in [3.05, 3.63) is 0 Å². The number of ether oxygens (including phenoxy) is 13. The molecule has 0 aliphatic carbocycles. The Labute approximate surface area is 365 Å². The minimum absolute atomic E-state index is 0.0322. The third-order valence-corrected chi connectivity index (χ3v) is 8.96. The largest absolute Gasteiger partial charge is 0.397 e. The minimum Gasteiger partial charge on any atom is -0.397 e. The zero-order valence-corrected chi connectivity index (χ0v) is 40.8. The molecule has 0 saturated carbocycles. The Balaban J connectivity index is -0.000000739. The molecule has 3 rings (SSSR count). The van der Waals surface area contributed by atoms with Crippen LogP contribution in [0, 0.1) is 17.8 Å². The van der Waals surface area contributed by atoms with E-state index >= 15 is 0 Å². The quantitative estimate of drug-likeness (QED) is 0.133.